The number of likely N-dealkylation sites (tertiary alicyclic amines) is 1. The number of carbonyl (C=O) groups is 2. The lowest BCUT2D eigenvalue weighted by molar-refractivity contribution is -0.125. The Morgan fingerprint density at radius 3 is 2.97 bits per heavy atom. The first-order valence-corrected chi connectivity index (χ1v) is 9.92. The van der Waals surface area contributed by atoms with Gasteiger partial charge in [0.15, 0.2) is 5.76 Å². The van der Waals surface area contributed by atoms with Crippen molar-refractivity contribution in [3.05, 3.63) is 46.4 Å². The van der Waals surface area contributed by atoms with Crippen LogP contribution in [0.1, 0.15) is 30.0 Å². The van der Waals surface area contributed by atoms with Crippen LogP contribution in [-0.4, -0.2) is 44.7 Å². The second-order valence-corrected chi connectivity index (χ2v) is 7.65. The van der Waals surface area contributed by atoms with Crippen LogP contribution in [0.4, 0.5) is 4.79 Å². The van der Waals surface area contributed by atoms with E-state index in [-0.39, 0.29) is 19.1 Å². The van der Waals surface area contributed by atoms with Crippen molar-refractivity contribution >= 4 is 34.5 Å². The molecule has 1 saturated heterocycles. The molecule has 0 aliphatic carbocycles. The number of fused-ring (bicyclic) bond motifs is 1. The van der Waals surface area contributed by atoms with Crippen molar-refractivity contribution in [1.29, 1.82) is 0 Å². The standard InChI is InChI=1S/C20H21ClN4O5/c1-11-5-14(30-24-11)10-29-18-8-16-12(7-15(18)21)6-13(23-16)9-22-19(26)17-3-2-4-25(17)20(27)28/h5-8,17,23H,2-4,9-10H2,1H3,(H,22,26)(H,27,28)/t17-/m1/s1. The maximum Gasteiger partial charge on any atom is 0.407 e. The number of carboxylic acid groups (broad SMARTS) is 1. The first-order valence-electron chi connectivity index (χ1n) is 9.54. The highest BCUT2D eigenvalue weighted by Gasteiger charge is 2.33. The van der Waals surface area contributed by atoms with E-state index in [1.807, 2.05) is 13.0 Å². The van der Waals surface area contributed by atoms with E-state index < -0.39 is 12.1 Å². The minimum Gasteiger partial charge on any atom is -0.484 e. The Morgan fingerprint density at radius 2 is 2.23 bits per heavy atom. The van der Waals surface area contributed by atoms with Gasteiger partial charge in [0.05, 0.1) is 17.3 Å². The maximum absolute atomic E-state index is 12.4. The van der Waals surface area contributed by atoms with Crippen molar-refractivity contribution in [2.75, 3.05) is 6.54 Å². The Kier molecular flexibility index (Phi) is 5.54. The molecule has 0 spiro atoms. The van der Waals surface area contributed by atoms with Crippen LogP contribution in [0.25, 0.3) is 10.9 Å². The highest BCUT2D eigenvalue weighted by molar-refractivity contribution is 6.32. The molecular formula is C20H21ClN4O5. The summed E-state index contributed by atoms with van der Waals surface area (Å²) in [4.78, 5) is 28.0. The zero-order chi connectivity index (χ0) is 21.3. The number of amides is 2. The number of hydrogen-bond acceptors (Lipinski definition) is 5. The number of aryl methyl sites for hydroxylation is 1. The first kappa shape index (κ1) is 20.1. The van der Waals surface area contributed by atoms with Crippen LogP contribution in [0.2, 0.25) is 5.02 Å². The van der Waals surface area contributed by atoms with Crippen molar-refractivity contribution in [3.8, 4) is 5.75 Å². The van der Waals surface area contributed by atoms with Gasteiger partial charge in [-0.05, 0) is 31.9 Å². The minimum absolute atomic E-state index is 0.206. The molecule has 1 aliphatic rings. The number of hydrogen-bond donors (Lipinski definition) is 3. The van der Waals surface area contributed by atoms with Gasteiger partial charge in [0, 0.05) is 35.3 Å². The molecule has 1 aromatic carbocycles. The number of aromatic nitrogens is 2. The van der Waals surface area contributed by atoms with E-state index in [0.29, 0.717) is 35.9 Å². The predicted octanol–water partition coefficient (Wildman–Crippen LogP) is 3.46. The van der Waals surface area contributed by atoms with E-state index in [2.05, 4.69) is 15.5 Å². The van der Waals surface area contributed by atoms with Crippen LogP contribution in [0.5, 0.6) is 5.75 Å². The second-order valence-electron chi connectivity index (χ2n) is 7.24. The van der Waals surface area contributed by atoms with Gasteiger partial charge in [-0.3, -0.25) is 9.69 Å². The first-order chi connectivity index (χ1) is 14.4. The van der Waals surface area contributed by atoms with E-state index in [1.54, 1.807) is 18.2 Å². The molecule has 2 amide bonds. The molecule has 2 aromatic heterocycles. The zero-order valence-electron chi connectivity index (χ0n) is 16.3. The molecule has 4 rings (SSSR count). The number of aromatic amines is 1. The monoisotopic (exact) mass is 432 g/mol. The summed E-state index contributed by atoms with van der Waals surface area (Å²) in [5.74, 6) is 0.803. The molecule has 0 bridgehead atoms. The summed E-state index contributed by atoms with van der Waals surface area (Å²) in [6, 6.07) is 6.60. The average Bonchev–Trinajstić information content (AvgIpc) is 3.43. The third-order valence-electron chi connectivity index (χ3n) is 5.03. The molecule has 10 heteroatoms. The summed E-state index contributed by atoms with van der Waals surface area (Å²) in [6.07, 6.45) is 0.151. The average molecular weight is 433 g/mol. The van der Waals surface area contributed by atoms with Crippen LogP contribution in [0, 0.1) is 6.92 Å². The van der Waals surface area contributed by atoms with Gasteiger partial charge in [0.25, 0.3) is 0 Å². The maximum atomic E-state index is 12.4. The molecule has 0 saturated carbocycles. The predicted molar refractivity (Wildman–Crippen MR) is 108 cm³/mol. The van der Waals surface area contributed by atoms with E-state index in [1.165, 1.54) is 4.90 Å². The van der Waals surface area contributed by atoms with E-state index in [4.69, 9.17) is 20.9 Å². The molecule has 9 nitrogen and oxygen atoms in total. The number of rotatable bonds is 6. The van der Waals surface area contributed by atoms with Gasteiger partial charge in [-0.25, -0.2) is 4.79 Å². The van der Waals surface area contributed by atoms with Crippen molar-refractivity contribution < 1.29 is 24.0 Å². The van der Waals surface area contributed by atoms with Gasteiger partial charge in [-0.15, -0.1) is 0 Å². The fourth-order valence-corrected chi connectivity index (χ4v) is 3.83. The van der Waals surface area contributed by atoms with Gasteiger partial charge >= 0.3 is 6.09 Å². The Balaban J connectivity index is 1.41. The molecule has 3 aromatic rings. The van der Waals surface area contributed by atoms with Gasteiger partial charge < -0.3 is 24.7 Å². The van der Waals surface area contributed by atoms with Gasteiger partial charge in [-0.1, -0.05) is 16.8 Å². The van der Waals surface area contributed by atoms with Crippen molar-refractivity contribution in [1.82, 2.24) is 20.4 Å². The largest absolute Gasteiger partial charge is 0.484 e. The molecule has 3 heterocycles. The van der Waals surface area contributed by atoms with Gasteiger partial charge in [-0.2, -0.15) is 0 Å². The molecule has 30 heavy (non-hydrogen) atoms. The molecule has 0 radical (unpaired) electrons. The Bertz CT molecular complexity index is 1090. The molecular weight excluding hydrogens is 412 g/mol. The number of ether oxygens (including phenoxy) is 1. The Morgan fingerprint density at radius 1 is 1.40 bits per heavy atom. The van der Waals surface area contributed by atoms with E-state index in [9.17, 15) is 14.7 Å². The quantitative estimate of drug-likeness (QED) is 0.548. The van der Waals surface area contributed by atoms with E-state index >= 15 is 0 Å². The fraction of sp³-hybridized carbons (Fsp3) is 0.350. The topological polar surface area (TPSA) is 121 Å². The highest BCUT2D eigenvalue weighted by Crippen LogP contribution is 2.31. The van der Waals surface area contributed by atoms with Crippen LogP contribution >= 0.6 is 11.6 Å². The second kappa shape index (κ2) is 8.27. The highest BCUT2D eigenvalue weighted by atomic mass is 35.5. The molecule has 158 valence electrons. The van der Waals surface area contributed by atoms with Crippen molar-refractivity contribution in [2.45, 2.75) is 39.0 Å². The smallest absolute Gasteiger partial charge is 0.407 e. The molecule has 3 N–H and O–H groups in total. The normalized spacial score (nSPS) is 16.2. The van der Waals surface area contributed by atoms with Crippen molar-refractivity contribution in [3.63, 3.8) is 0 Å². The number of nitrogens with one attached hydrogen (secondary N) is 2. The molecule has 0 unspecified atom stereocenters. The lowest BCUT2D eigenvalue weighted by atomic mass is 10.2. The molecule has 1 aliphatic heterocycles. The van der Waals surface area contributed by atoms with Crippen LogP contribution in [-0.2, 0) is 17.9 Å². The lowest BCUT2D eigenvalue weighted by Crippen LogP contribution is -2.45. The van der Waals surface area contributed by atoms with Gasteiger partial charge in [0.2, 0.25) is 5.91 Å². The SMILES string of the molecule is Cc1cc(COc2cc3[nH]c(CNC(=O)[C@H]4CCCN4C(=O)O)cc3cc2Cl)on1. The number of H-pyrrole nitrogens is 1. The summed E-state index contributed by atoms with van der Waals surface area (Å²) in [7, 11) is 0. The van der Waals surface area contributed by atoms with Crippen LogP contribution in [0.3, 0.4) is 0 Å². The van der Waals surface area contributed by atoms with Crippen LogP contribution in [0.15, 0.2) is 28.8 Å². The lowest BCUT2D eigenvalue weighted by Gasteiger charge is -2.20. The fourth-order valence-electron chi connectivity index (χ4n) is 3.60. The van der Waals surface area contributed by atoms with E-state index in [0.717, 1.165) is 22.3 Å². The number of nitrogens with zero attached hydrogens (tertiary/aromatic N) is 2. The Hall–Kier alpha value is -3.20. The molecule has 1 fully saturated rings. The summed E-state index contributed by atoms with van der Waals surface area (Å²) < 4.78 is 10.9. The number of halogens is 1. The third-order valence-corrected chi connectivity index (χ3v) is 5.33. The van der Waals surface area contributed by atoms with Gasteiger partial charge in [0.1, 0.15) is 18.4 Å². The molecule has 1 atom stereocenters. The summed E-state index contributed by atoms with van der Waals surface area (Å²) >= 11 is 6.33. The summed E-state index contributed by atoms with van der Waals surface area (Å²) in [5.41, 5.74) is 2.35. The minimum atomic E-state index is -1.07. The van der Waals surface area contributed by atoms with Crippen molar-refractivity contribution in [2.24, 2.45) is 0 Å². The third kappa shape index (κ3) is 4.20. The Labute approximate surface area is 176 Å². The summed E-state index contributed by atoms with van der Waals surface area (Å²) in [5, 5.41) is 17.1. The zero-order valence-corrected chi connectivity index (χ0v) is 17.0. The number of carbonyl (C=O) groups excluding carboxylic acids is 1. The van der Waals surface area contributed by atoms with Crippen LogP contribution < -0.4 is 10.1 Å². The summed E-state index contributed by atoms with van der Waals surface area (Å²) in [6.45, 7) is 2.67. The number of benzene rings is 1.